The molecule has 0 aromatic carbocycles. The second-order valence-corrected chi connectivity index (χ2v) is 3.42. The van der Waals surface area contributed by atoms with Crippen molar-refractivity contribution >= 4 is 5.97 Å². The number of carboxylic acids is 1. The highest BCUT2D eigenvalue weighted by Gasteiger charge is 2.46. The van der Waals surface area contributed by atoms with Crippen molar-refractivity contribution in [2.45, 2.75) is 18.4 Å². The van der Waals surface area contributed by atoms with E-state index in [1.807, 2.05) is 0 Å². The fourth-order valence-electron chi connectivity index (χ4n) is 1.89. The number of aromatic nitrogens is 2. The standard InChI is InChI=1S/C9H12N2O3/c1-11-7(3-5-10-11)9(8(12)13)4-2-6-14-9/h3,5H,2,4,6H2,1H3,(H,12,13). The number of carbonyl (C=O) groups is 1. The lowest BCUT2D eigenvalue weighted by atomic mass is 9.96. The first-order chi connectivity index (χ1) is 6.67. The minimum absolute atomic E-state index is 0.498. The predicted molar refractivity (Wildman–Crippen MR) is 47.7 cm³/mol. The predicted octanol–water partition coefficient (Wildman–Crippen LogP) is 0.510. The summed E-state index contributed by atoms with van der Waals surface area (Å²) in [5, 5.41) is 13.2. The lowest BCUT2D eigenvalue weighted by molar-refractivity contribution is -0.162. The van der Waals surface area contributed by atoms with Gasteiger partial charge in [0.15, 0.2) is 0 Å². The molecule has 1 aliphatic rings. The summed E-state index contributed by atoms with van der Waals surface area (Å²) < 4.78 is 6.92. The van der Waals surface area contributed by atoms with Gasteiger partial charge in [-0.2, -0.15) is 5.10 Å². The van der Waals surface area contributed by atoms with Crippen LogP contribution in [0.5, 0.6) is 0 Å². The Labute approximate surface area is 81.3 Å². The minimum atomic E-state index is -1.18. The second kappa shape index (κ2) is 3.09. The van der Waals surface area contributed by atoms with Crippen molar-refractivity contribution < 1.29 is 14.6 Å². The fraction of sp³-hybridized carbons (Fsp3) is 0.556. The Balaban J connectivity index is 2.46. The molecule has 0 spiro atoms. The number of hydrogen-bond donors (Lipinski definition) is 1. The molecule has 1 aliphatic heterocycles. The van der Waals surface area contributed by atoms with Crippen molar-refractivity contribution in [2.75, 3.05) is 6.61 Å². The Bertz CT molecular complexity index is 353. The third kappa shape index (κ3) is 1.13. The zero-order valence-corrected chi connectivity index (χ0v) is 7.93. The normalized spacial score (nSPS) is 26.6. The highest BCUT2D eigenvalue weighted by molar-refractivity contribution is 5.79. The first-order valence-electron chi connectivity index (χ1n) is 4.53. The van der Waals surface area contributed by atoms with E-state index >= 15 is 0 Å². The van der Waals surface area contributed by atoms with E-state index in [9.17, 15) is 9.90 Å². The molecule has 0 amide bonds. The van der Waals surface area contributed by atoms with Gasteiger partial charge in [-0.25, -0.2) is 4.79 Å². The molecule has 0 saturated carbocycles. The third-order valence-corrected chi connectivity index (χ3v) is 2.60. The molecule has 14 heavy (non-hydrogen) atoms. The Morgan fingerprint density at radius 3 is 3.00 bits per heavy atom. The highest BCUT2D eigenvalue weighted by atomic mass is 16.5. The van der Waals surface area contributed by atoms with Crippen LogP contribution in [-0.2, 0) is 22.2 Å². The van der Waals surface area contributed by atoms with E-state index in [-0.39, 0.29) is 0 Å². The van der Waals surface area contributed by atoms with Gasteiger partial charge in [0.2, 0.25) is 5.60 Å². The zero-order valence-electron chi connectivity index (χ0n) is 7.93. The summed E-state index contributed by atoms with van der Waals surface area (Å²) in [4.78, 5) is 11.2. The molecule has 5 heteroatoms. The van der Waals surface area contributed by atoms with E-state index in [0.29, 0.717) is 18.7 Å². The summed E-state index contributed by atoms with van der Waals surface area (Å²) in [6.07, 6.45) is 2.88. The van der Waals surface area contributed by atoms with Crippen LogP contribution in [0.25, 0.3) is 0 Å². The number of carboxylic acid groups (broad SMARTS) is 1. The molecule has 1 unspecified atom stereocenters. The maximum absolute atomic E-state index is 11.2. The van der Waals surface area contributed by atoms with E-state index in [2.05, 4.69) is 5.10 Å². The van der Waals surface area contributed by atoms with Crippen LogP contribution >= 0.6 is 0 Å². The average Bonchev–Trinajstić information content (AvgIpc) is 2.72. The molecule has 2 heterocycles. The van der Waals surface area contributed by atoms with Crippen molar-refractivity contribution in [3.63, 3.8) is 0 Å². The molecule has 1 fully saturated rings. The summed E-state index contributed by atoms with van der Waals surface area (Å²) in [7, 11) is 1.72. The number of aryl methyl sites for hydroxylation is 1. The highest BCUT2D eigenvalue weighted by Crippen LogP contribution is 2.35. The van der Waals surface area contributed by atoms with Crippen molar-refractivity contribution in [1.29, 1.82) is 0 Å². The molecule has 1 atom stereocenters. The maximum Gasteiger partial charge on any atom is 0.342 e. The molecule has 2 rings (SSSR count). The minimum Gasteiger partial charge on any atom is -0.479 e. The number of aliphatic carboxylic acids is 1. The van der Waals surface area contributed by atoms with Crippen LogP contribution < -0.4 is 0 Å². The topological polar surface area (TPSA) is 64.4 Å². The van der Waals surface area contributed by atoms with Crippen LogP contribution in [0.1, 0.15) is 18.5 Å². The van der Waals surface area contributed by atoms with Gasteiger partial charge in [0, 0.05) is 19.9 Å². The van der Waals surface area contributed by atoms with Crippen LogP contribution in [0.4, 0.5) is 0 Å². The summed E-state index contributed by atoms with van der Waals surface area (Å²) in [6, 6.07) is 1.69. The van der Waals surface area contributed by atoms with Gasteiger partial charge in [-0.05, 0) is 18.9 Å². The SMILES string of the molecule is Cn1nccc1C1(C(=O)O)CCCO1. The van der Waals surface area contributed by atoms with Gasteiger partial charge in [0.1, 0.15) is 0 Å². The van der Waals surface area contributed by atoms with Crippen molar-refractivity contribution in [2.24, 2.45) is 7.05 Å². The van der Waals surface area contributed by atoms with Gasteiger partial charge >= 0.3 is 5.97 Å². The molecule has 76 valence electrons. The molecule has 1 aromatic heterocycles. The van der Waals surface area contributed by atoms with Gasteiger partial charge in [-0.1, -0.05) is 0 Å². The van der Waals surface area contributed by atoms with Crippen molar-refractivity contribution in [3.8, 4) is 0 Å². The number of nitrogens with zero attached hydrogens (tertiary/aromatic N) is 2. The quantitative estimate of drug-likeness (QED) is 0.748. The Morgan fingerprint density at radius 2 is 2.57 bits per heavy atom. The maximum atomic E-state index is 11.2. The molecule has 5 nitrogen and oxygen atoms in total. The lowest BCUT2D eigenvalue weighted by Gasteiger charge is -2.23. The molecule has 1 saturated heterocycles. The summed E-state index contributed by atoms with van der Waals surface area (Å²) in [6.45, 7) is 0.498. The van der Waals surface area contributed by atoms with Crippen molar-refractivity contribution in [1.82, 2.24) is 9.78 Å². The first kappa shape index (κ1) is 9.21. The smallest absolute Gasteiger partial charge is 0.342 e. The monoisotopic (exact) mass is 196 g/mol. The van der Waals surface area contributed by atoms with Crippen LogP contribution in [0.2, 0.25) is 0 Å². The second-order valence-electron chi connectivity index (χ2n) is 3.42. The lowest BCUT2D eigenvalue weighted by Crippen LogP contribution is -2.36. The van der Waals surface area contributed by atoms with Gasteiger partial charge in [0.25, 0.3) is 0 Å². The Kier molecular flexibility index (Phi) is 2.03. The van der Waals surface area contributed by atoms with E-state index in [1.54, 1.807) is 24.0 Å². The largest absolute Gasteiger partial charge is 0.479 e. The van der Waals surface area contributed by atoms with E-state index in [4.69, 9.17) is 4.74 Å². The Hall–Kier alpha value is -1.36. The van der Waals surface area contributed by atoms with Gasteiger partial charge in [-0.3, -0.25) is 4.68 Å². The van der Waals surface area contributed by atoms with E-state index in [1.165, 1.54) is 0 Å². The van der Waals surface area contributed by atoms with Gasteiger partial charge in [0.05, 0.1) is 5.69 Å². The van der Waals surface area contributed by atoms with Crippen molar-refractivity contribution in [3.05, 3.63) is 18.0 Å². The summed E-state index contributed by atoms with van der Waals surface area (Å²) in [5.41, 5.74) is -0.562. The fourth-order valence-corrected chi connectivity index (χ4v) is 1.89. The number of ether oxygens (including phenoxy) is 1. The third-order valence-electron chi connectivity index (χ3n) is 2.60. The summed E-state index contributed by atoms with van der Waals surface area (Å²) >= 11 is 0. The molecule has 0 aliphatic carbocycles. The Morgan fingerprint density at radius 1 is 1.79 bits per heavy atom. The van der Waals surface area contributed by atoms with Gasteiger partial charge in [-0.15, -0.1) is 0 Å². The number of hydrogen-bond acceptors (Lipinski definition) is 3. The average molecular weight is 196 g/mol. The van der Waals surface area contributed by atoms with E-state index in [0.717, 1.165) is 6.42 Å². The van der Waals surface area contributed by atoms with E-state index < -0.39 is 11.6 Å². The van der Waals surface area contributed by atoms with Gasteiger partial charge < -0.3 is 9.84 Å². The molecular formula is C9H12N2O3. The molecule has 1 aromatic rings. The van der Waals surface area contributed by atoms with Crippen LogP contribution in [0.3, 0.4) is 0 Å². The zero-order chi connectivity index (χ0) is 10.2. The summed E-state index contributed by atoms with van der Waals surface area (Å²) in [5.74, 6) is -0.932. The molecular weight excluding hydrogens is 184 g/mol. The molecule has 0 radical (unpaired) electrons. The van der Waals surface area contributed by atoms with Crippen LogP contribution in [0, 0.1) is 0 Å². The van der Waals surface area contributed by atoms with Crippen LogP contribution in [0.15, 0.2) is 12.3 Å². The first-order valence-corrected chi connectivity index (χ1v) is 4.53. The van der Waals surface area contributed by atoms with Crippen LogP contribution in [-0.4, -0.2) is 27.5 Å². The molecule has 0 bridgehead atoms. The molecule has 1 N–H and O–H groups in total. The number of rotatable bonds is 2.